The summed E-state index contributed by atoms with van der Waals surface area (Å²) in [4.78, 5) is 19.2. The van der Waals surface area contributed by atoms with Crippen LogP contribution in [-0.4, -0.2) is 41.2 Å². The van der Waals surface area contributed by atoms with Gasteiger partial charge in [-0.1, -0.05) is 22.9 Å². The minimum Gasteiger partial charge on any atom is -0.495 e. The highest BCUT2D eigenvalue weighted by atomic mass is 35.5. The van der Waals surface area contributed by atoms with Gasteiger partial charge in [-0.2, -0.15) is 0 Å². The molecule has 2 aromatic heterocycles. The zero-order chi connectivity index (χ0) is 17.3. The molecule has 0 fully saturated rings. The van der Waals surface area contributed by atoms with Crippen LogP contribution in [0.25, 0.3) is 4.96 Å². The second-order valence-corrected chi connectivity index (χ2v) is 6.61. The summed E-state index contributed by atoms with van der Waals surface area (Å²) in [6, 6.07) is 5.06. The summed E-state index contributed by atoms with van der Waals surface area (Å²) >= 11 is 7.39. The number of nitrogens with one attached hydrogen (secondary N) is 1. The molecule has 1 N–H and O–H groups in total. The van der Waals surface area contributed by atoms with Crippen LogP contribution in [0.5, 0.6) is 5.75 Å². The summed E-state index contributed by atoms with van der Waals surface area (Å²) in [5.41, 5.74) is 1.45. The quantitative estimate of drug-likeness (QED) is 0.752. The van der Waals surface area contributed by atoms with E-state index in [4.69, 9.17) is 16.3 Å². The van der Waals surface area contributed by atoms with Crippen LogP contribution in [0.3, 0.4) is 0 Å². The number of amides is 1. The summed E-state index contributed by atoms with van der Waals surface area (Å²) in [5.74, 6) is 0.362. The van der Waals surface area contributed by atoms with Crippen LogP contribution in [0, 0.1) is 6.92 Å². The summed E-state index contributed by atoms with van der Waals surface area (Å²) in [7, 11) is 3.35. The molecule has 0 unspecified atom stereocenters. The number of likely N-dealkylation sites (N-methyl/N-ethyl adjacent to an activating group) is 1. The van der Waals surface area contributed by atoms with Gasteiger partial charge < -0.3 is 15.0 Å². The first-order chi connectivity index (χ1) is 11.5. The molecular formula is C15H16ClN5O2S. The van der Waals surface area contributed by atoms with Gasteiger partial charge in [-0.25, -0.2) is 9.50 Å². The Bertz CT molecular complexity index is 860. The lowest BCUT2D eigenvalue weighted by molar-refractivity contribution is -0.114. The molecule has 0 saturated heterocycles. The highest BCUT2D eigenvalue weighted by molar-refractivity contribution is 7.20. The van der Waals surface area contributed by atoms with E-state index in [1.807, 2.05) is 13.1 Å². The second kappa shape index (κ2) is 6.66. The number of halogens is 1. The molecule has 0 aliphatic carbocycles. The number of anilines is 2. The van der Waals surface area contributed by atoms with Crippen molar-refractivity contribution in [1.29, 1.82) is 0 Å². The standard InChI is InChI=1S/C15H16ClN5O2S/c1-9-7-21-14(17-9)24-15(19-21)20(2)8-13(22)18-11-6-10(16)4-5-12(11)23-3/h4-7H,8H2,1-3H3,(H,18,22). The van der Waals surface area contributed by atoms with Gasteiger partial charge in [0.05, 0.1) is 31.2 Å². The van der Waals surface area contributed by atoms with Crippen molar-refractivity contribution < 1.29 is 9.53 Å². The zero-order valence-electron chi connectivity index (χ0n) is 13.4. The van der Waals surface area contributed by atoms with Crippen molar-refractivity contribution in [2.75, 3.05) is 30.9 Å². The fourth-order valence-electron chi connectivity index (χ4n) is 2.20. The van der Waals surface area contributed by atoms with Crippen molar-refractivity contribution >= 4 is 44.6 Å². The number of aromatic nitrogens is 3. The largest absolute Gasteiger partial charge is 0.495 e. The summed E-state index contributed by atoms with van der Waals surface area (Å²) in [6.45, 7) is 2.06. The first-order valence-electron chi connectivity index (χ1n) is 7.13. The fraction of sp³-hybridized carbons (Fsp3) is 0.267. The Morgan fingerprint density at radius 3 is 3.00 bits per heavy atom. The number of carbonyl (C=O) groups excluding carboxylic acids is 1. The Morgan fingerprint density at radius 2 is 2.29 bits per heavy atom. The van der Waals surface area contributed by atoms with Crippen LogP contribution in [0.15, 0.2) is 24.4 Å². The molecule has 0 radical (unpaired) electrons. The van der Waals surface area contributed by atoms with Crippen molar-refractivity contribution in [1.82, 2.24) is 14.6 Å². The third kappa shape index (κ3) is 3.44. The van der Waals surface area contributed by atoms with E-state index < -0.39 is 0 Å². The molecule has 3 rings (SSSR count). The van der Waals surface area contributed by atoms with E-state index in [1.165, 1.54) is 11.3 Å². The summed E-state index contributed by atoms with van der Waals surface area (Å²) in [6.07, 6.45) is 1.85. The first-order valence-corrected chi connectivity index (χ1v) is 8.33. The van der Waals surface area contributed by atoms with Gasteiger partial charge in [0.15, 0.2) is 0 Å². The molecule has 0 spiro atoms. The van der Waals surface area contributed by atoms with Crippen molar-refractivity contribution in [2.24, 2.45) is 0 Å². The lowest BCUT2D eigenvalue weighted by atomic mass is 10.3. The Hall–Kier alpha value is -2.32. The average Bonchev–Trinajstić information content (AvgIpc) is 3.04. The summed E-state index contributed by atoms with van der Waals surface area (Å²) in [5, 5.41) is 8.46. The molecule has 126 valence electrons. The van der Waals surface area contributed by atoms with E-state index in [2.05, 4.69) is 15.4 Å². The van der Waals surface area contributed by atoms with Gasteiger partial charge in [0.2, 0.25) is 16.0 Å². The number of ether oxygens (including phenoxy) is 1. The number of rotatable bonds is 5. The normalized spacial score (nSPS) is 10.8. The van der Waals surface area contributed by atoms with Crippen LogP contribution >= 0.6 is 22.9 Å². The van der Waals surface area contributed by atoms with Gasteiger partial charge in [-0.05, 0) is 25.1 Å². The molecule has 2 heterocycles. The SMILES string of the molecule is COc1ccc(Cl)cc1NC(=O)CN(C)c1nn2cc(C)nc2s1. The van der Waals surface area contributed by atoms with Crippen molar-refractivity contribution in [3.63, 3.8) is 0 Å². The van der Waals surface area contributed by atoms with E-state index in [1.54, 1.807) is 41.8 Å². The molecule has 3 aromatic rings. The molecule has 1 amide bonds. The number of imidazole rings is 1. The number of fused-ring (bicyclic) bond motifs is 1. The van der Waals surface area contributed by atoms with Crippen LogP contribution in [0.2, 0.25) is 5.02 Å². The van der Waals surface area contributed by atoms with E-state index in [0.717, 1.165) is 10.7 Å². The van der Waals surface area contributed by atoms with E-state index in [9.17, 15) is 4.79 Å². The Labute approximate surface area is 147 Å². The number of benzene rings is 1. The maximum Gasteiger partial charge on any atom is 0.244 e. The molecule has 9 heteroatoms. The molecule has 0 bridgehead atoms. The van der Waals surface area contributed by atoms with E-state index in [-0.39, 0.29) is 12.5 Å². The molecule has 1 aromatic carbocycles. The van der Waals surface area contributed by atoms with Gasteiger partial charge in [-0.15, -0.1) is 5.10 Å². The van der Waals surface area contributed by atoms with Gasteiger partial charge in [0.1, 0.15) is 5.75 Å². The highest BCUT2D eigenvalue weighted by Gasteiger charge is 2.15. The monoisotopic (exact) mass is 365 g/mol. The minimum absolute atomic E-state index is 0.144. The third-order valence-electron chi connectivity index (χ3n) is 3.30. The maximum atomic E-state index is 12.3. The van der Waals surface area contributed by atoms with Gasteiger partial charge in [0.25, 0.3) is 0 Å². The molecule has 0 aliphatic rings. The van der Waals surface area contributed by atoms with Crippen LogP contribution in [-0.2, 0) is 4.79 Å². The number of methoxy groups -OCH3 is 1. The number of hydrogen-bond donors (Lipinski definition) is 1. The minimum atomic E-state index is -0.193. The molecule has 0 saturated carbocycles. The van der Waals surface area contributed by atoms with Crippen molar-refractivity contribution in [2.45, 2.75) is 6.92 Å². The topological polar surface area (TPSA) is 71.8 Å². The van der Waals surface area contributed by atoms with Crippen LogP contribution in [0.4, 0.5) is 10.8 Å². The van der Waals surface area contributed by atoms with Crippen LogP contribution in [0.1, 0.15) is 5.69 Å². The fourth-order valence-corrected chi connectivity index (χ4v) is 3.26. The van der Waals surface area contributed by atoms with Crippen LogP contribution < -0.4 is 15.0 Å². The predicted molar refractivity (Wildman–Crippen MR) is 95.5 cm³/mol. The Balaban J connectivity index is 1.69. The lowest BCUT2D eigenvalue weighted by Gasteiger charge is -2.16. The molecule has 0 aliphatic heterocycles. The average molecular weight is 366 g/mol. The molecule has 7 nitrogen and oxygen atoms in total. The Kier molecular flexibility index (Phi) is 4.59. The van der Waals surface area contributed by atoms with Crippen molar-refractivity contribution in [3.05, 3.63) is 35.1 Å². The van der Waals surface area contributed by atoms with Gasteiger partial charge >= 0.3 is 0 Å². The van der Waals surface area contributed by atoms with E-state index >= 15 is 0 Å². The second-order valence-electron chi connectivity index (χ2n) is 5.24. The molecular weight excluding hydrogens is 350 g/mol. The van der Waals surface area contributed by atoms with Gasteiger partial charge in [-0.3, -0.25) is 4.79 Å². The smallest absolute Gasteiger partial charge is 0.244 e. The Morgan fingerprint density at radius 1 is 1.50 bits per heavy atom. The van der Waals surface area contributed by atoms with Gasteiger partial charge in [0, 0.05) is 12.1 Å². The lowest BCUT2D eigenvalue weighted by Crippen LogP contribution is -2.30. The van der Waals surface area contributed by atoms with E-state index in [0.29, 0.717) is 21.6 Å². The highest BCUT2D eigenvalue weighted by Crippen LogP contribution is 2.28. The maximum absolute atomic E-state index is 12.3. The zero-order valence-corrected chi connectivity index (χ0v) is 15.0. The third-order valence-corrected chi connectivity index (χ3v) is 4.57. The van der Waals surface area contributed by atoms with Crippen molar-refractivity contribution in [3.8, 4) is 5.75 Å². The number of carbonyl (C=O) groups is 1. The predicted octanol–water partition coefficient (Wildman–Crippen LogP) is 2.84. The number of aryl methyl sites for hydroxylation is 1. The molecule has 0 atom stereocenters. The summed E-state index contributed by atoms with van der Waals surface area (Å²) < 4.78 is 6.93. The first kappa shape index (κ1) is 16.5. The molecule has 24 heavy (non-hydrogen) atoms. The number of nitrogens with zero attached hydrogens (tertiary/aromatic N) is 4. The number of hydrogen-bond acceptors (Lipinski definition) is 6.